The summed E-state index contributed by atoms with van der Waals surface area (Å²) in [6, 6.07) is 0. The van der Waals surface area contributed by atoms with Gasteiger partial charge in [-0.05, 0) is 25.8 Å². The maximum atomic E-state index is 12.2. The lowest BCUT2D eigenvalue weighted by Gasteiger charge is -2.26. The normalized spacial score (nSPS) is 22.8. The van der Waals surface area contributed by atoms with Crippen LogP contribution in [0.15, 0.2) is 0 Å². The van der Waals surface area contributed by atoms with E-state index >= 15 is 0 Å². The number of hydrogen-bond acceptors (Lipinski definition) is 3. The Labute approximate surface area is 109 Å². The Morgan fingerprint density at radius 1 is 1.22 bits per heavy atom. The molecule has 0 saturated carbocycles. The zero-order chi connectivity index (χ0) is 13.4. The van der Waals surface area contributed by atoms with Gasteiger partial charge in [0.25, 0.3) is 0 Å². The van der Waals surface area contributed by atoms with Gasteiger partial charge in [0, 0.05) is 13.1 Å². The third-order valence-corrected chi connectivity index (χ3v) is 3.44. The van der Waals surface area contributed by atoms with Crippen LogP contribution < -0.4 is 16.0 Å². The Morgan fingerprint density at radius 2 is 2.00 bits per heavy atom. The molecule has 0 aromatic heterocycles. The van der Waals surface area contributed by atoms with E-state index < -0.39 is 0 Å². The van der Waals surface area contributed by atoms with Crippen molar-refractivity contribution in [2.75, 3.05) is 26.2 Å². The predicted octanol–water partition coefficient (Wildman–Crippen LogP) is 0.409. The van der Waals surface area contributed by atoms with Crippen LogP contribution in [0, 0.1) is 5.41 Å². The standard InChI is InChI=1S/C13H25N3O2/c1-3-5-13(6-8-14-10-13)12(18)16-9-11(17)15-7-4-2/h14H,3-10H2,1-2H3,(H,15,17)(H,16,18). The molecule has 5 heteroatoms. The van der Waals surface area contributed by atoms with E-state index in [-0.39, 0.29) is 23.8 Å². The number of hydrogen-bond donors (Lipinski definition) is 3. The molecule has 5 nitrogen and oxygen atoms in total. The van der Waals surface area contributed by atoms with Gasteiger partial charge in [-0.25, -0.2) is 0 Å². The summed E-state index contributed by atoms with van der Waals surface area (Å²) < 4.78 is 0. The fourth-order valence-electron chi connectivity index (χ4n) is 2.42. The second-order valence-corrected chi connectivity index (χ2v) is 4.99. The highest BCUT2D eigenvalue weighted by Crippen LogP contribution is 2.31. The minimum Gasteiger partial charge on any atom is -0.355 e. The van der Waals surface area contributed by atoms with E-state index in [1.165, 1.54) is 0 Å². The quantitative estimate of drug-likeness (QED) is 0.617. The predicted molar refractivity (Wildman–Crippen MR) is 71.1 cm³/mol. The molecule has 1 atom stereocenters. The van der Waals surface area contributed by atoms with E-state index in [0.717, 1.165) is 38.8 Å². The molecular weight excluding hydrogens is 230 g/mol. The summed E-state index contributed by atoms with van der Waals surface area (Å²) in [6.07, 6.45) is 3.63. The van der Waals surface area contributed by atoms with Crippen LogP contribution >= 0.6 is 0 Å². The molecule has 3 N–H and O–H groups in total. The zero-order valence-electron chi connectivity index (χ0n) is 11.5. The van der Waals surface area contributed by atoms with Crippen molar-refractivity contribution in [3.63, 3.8) is 0 Å². The monoisotopic (exact) mass is 255 g/mol. The highest BCUT2D eigenvalue weighted by molar-refractivity contribution is 5.88. The molecule has 1 heterocycles. The van der Waals surface area contributed by atoms with E-state index in [2.05, 4.69) is 22.9 Å². The minimum atomic E-state index is -0.306. The first-order chi connectivity index (χ1) is 8.64. The minimum absolute atomic E-state index is 0.0148. The smallest absolute Gasteiger partial charge is 0.239 e. The van der Waals surface area contributed by atoms with Gasteiger partial charge in [0.1, 0.15) is 0 Å². The van der Waals surface area contributed by atoms with Gasteiger partial charge in [0.05, 0.1) is 12.0 Å². The number of nitrogens with one attached hydrogen (secondary N) is 3. The number of amides is 2. The third kappa shape index (κ3) is 3.98. The molecule has 1 saturated heterocycles. The Balaban J connectivity index is 2.40. The number of carbonyl (C=O) groups is 2. The molecule has 0 aliphatic carbocycles. The van der Waals surface area contributed by atoms with Crippen LogP contribution in [0.5, 0.6) is 0 Å². The first-order valence-corrected chi connectivity index (χ1v) is 6.90. The van der Waals surface area contributed by atoms with Gasteiger partial charge >= 0.3 is 0 Å². The molecule has 1 aliphatic rings. The highest BCUT2D eigenvalue weighted by Gasteiger charge is 2.40. The maximum absolute atomic E-state index is 12.2. The molecule has 18 heavy (non-hydrogen) atoms. The molecule has 0 aromatic carbocycles. The van der Waals surface area contributed by atoms with Crippen molar-refractivity contribution in [3.8, 4) is 0 Å². The molecule has 0 aromatic rings. The zero-order valence-corrected chi connectivity index (χ0v) is 11.5. The lowest BCUT2D eigenvalue weighted by Crippen LogP contribution is -2.46. The summed E-state index contributed by atoms with van der Waals surface area (Å²) in [5.41, 5.74) is -0.306. The van der Waals surface area contributed by atoms with Gasteiger partial charge in [-0.2, -0.15) is 0 Å². The molecule has 1 unspecified atom stereocenters. The van der Waals surface area contributed by atoms with E-state index in [4.69, 9.17) is 0 Å². The van der Waals surface area contributed by atoms with E-state index in [1.54, 1.807) is 0 Å². The molecule has 0 bridgehead atoms. The lowest BCUT2D eigenvalue weighted by atomic mass is 9.81. The summed E-state index contributed by atoms with van der Waals surface area (Å²) in [5, 5.41) is 8.76. The summed E-state index contributed by atoms with van der Waals surface area (Å²) in [5.74, 6) is -0.0937. The first-order valence-electron chi connectivity index (χ1n) is 6.90. The topological polar surface area (TPSA) is 70.2 Å². The van der Waals surface area contributed by atoms with Gasteiger partial charge in [-0.1, -0.05) is 20.3 Å². The largest absolute Gasteiger partial charge is 0.355 e. The van der Waals surface area contributed by atoms with E-state index in [1.807, 2.05) is 6.92 Å². The molecule has 1 aliphatic heterocycles. The molecule has 104 valence electrons. The fraction of sp³-hybridized carbons (Fsp3) is 0.846. The number of carbonyl (C=O) groups excluding carboxylic acids is 2. The van der Waals surface area contributed by atoms with Crippen LogP contribution in [0.4, 0.5) is 0 Å². The second kappa shape index (κ2) is 7.36. The van der Waals surface area contributed by atoms with Crippen LogP contribution in [0.1, 0.15) is 39.5 Å². The van der Waals surface area contributed by atoms with Crippen molar-refractivity contribution in [3.05, 3.63) is 0 Å². The SMILES string of the molecule is CCCNC(=O)CNC(=O)C1(CCC)CCNC1. The third-order valence-electron chi connectivity index (χ3n) is 3.44. The maximum Gasteiger partial charge on any atom is 0.239 e. The first kappa shape index (κ1) is 15.0. The van der Waals surface area contributed by atoms with Gasteiger partial charge in [-0.15, -0.1) is 0 Å². The highest BCUT2D eigenvalue weighted by atomic mass is 16.2. The average molecular weight is 255 g/mol. The van der Waals surface area contributed by atoms with Crippen LogP contribution in [-0.2, 0) is 9.59 Å². The molecule has 1 fully saturated rings. The van der Waals surface area contributed by atoms with Gasteiger partial charge < -0.3 is 16.0 Å². The van der Waals surface area contributed by atoms with Crippen molar-refractivity contribution >= 4 is 11.8 Å². The van der Waals surface area contributed by atoms with Gasteiger partial charge in [0.2, 0.25) is 11.8 Å². The Morgan fingerprint density at radius 3 is 2.56 bits per heavy atom. The van der Waals surface area contributed by atoms with E-state index in [9.17, 15) is 9.59 Å². The average Bonchev–Trinajstić information content (AvgIpc) is 2.83. The molecule has 2 amide bonds. The van der Waals surface area contributed by atoms with Crippen LogP contribution in [0.2, 0.25) is 0 Å². The second-order valence-electron chi connectivity index (χ2n) is 4.99. The fourth-order valence-corrected chi connectivity index (χ4v) is 2.42. The van der Waals surface area contributed by atoms with Crippen molar-refractivity contribution in [2.45, 2.75) is 39.5 Å². The van der Waals surface area contributed by atoms with Gasteiger partial charge in [0.15, 0.2) is 0 Å². The van der Waals surface area contributed by atoms with Crippen LogP contribution in [0.3, 0.4) is 0 Å². The Bertz CT molecular complexity index is 286. The van der Waals surface area contributed by atoms with Crippen LogP contribution in [-0.4, -0.2) is 38.0 Å². The Hall–Kier alpha value is -1.10. The van der Waals surface area contributed by atoms with Crippen molar-refractivity contribution in [1.82, 2.24) is 16.0 Å². The number of rotatable bonds is 7. The summed E-state index contributed by atoms with van der Waals surface area (Å²) in [6.45, 7) is 6.44. The van der Waals surface area contributed by atoms with Crippen LogP contribution in [0.25, 0.3) is 0 Å². The summed E-state index contributed by atoms with van der Waals surface area (Å²) in [7, 11) is 0. The Kier molecular flexibility index (Phi) is 6.12. The molecular formula is C13H25N3O2. The molecule has 0 radical (unpaired) electrons. The summed E-state index contributed by atoms with van der Waals surface area (Å²) >= 11 is 0. The van der Waals surface area contributed by atoms with Gasteiger partial charge in [-0.3, -0.25) is 9.59 Å². The molecule has 1 rings (SSSR count). The van der Waals surface area contributed by atoms with E-state index in [0.29, 0.717) is 6.54 Å². The van der Waals surface area contributed by atoms with Crippen molar-refractivity contribution < 1.29 is 9.59 Å². The lowest BCUT2D eigenvalue weighted by molar-refractivity contribution is -0.132. The van der Waals surface area contributed by atoms with Crippen molar-refractivity contribution in [2.24, 2.45) is 5.41 Å². The molecule has 0 spiro atoms. The van der Waals surface area contributed by atoms with Crippen molar-refractivity contribution in [1.29, 1.82) is 0 Å². The summed E-state index contributed by atoms with van der Waals surface area (Å²) in [4.78, 5) is 23.6.